The van der Waals surface area contributed by atoms with E-state index in [0.29, 0.717) is 10.6 Å². The van der Waals surface area contributed by atoms with Gasteiger partial charge in [-0.05, 0) is 35.9 Å². The van der Waals surface area contributed by atoms with Crippen LogP contribution in [0.15, 0.2) is 40.9 Å². The lowest BCUT2D eigenvalue weighted by Crippen LogP contribution is -2.02. The molecule has 2 rings (SSSR count). The molecule has 0 saturated heterocycles. The van der Waals surface area contributed by atoms with Crippen molar-refractivity contribution in [2.45, 2.75) is 6.10 Å². The van der Waals surface area contributed by atoms with Gasteiger partial charge in [-0.25, -0.2) is 8.78 Å². The Bertz CT molecular complexity index is 589. The third-order valence-electron chi connectivity index (χ3n) is 2.51. The molecule has 0 amide bonds. The van der Waals surface area contributed by atoms with Crippen LogP contribution in [-0.4, -0.2) is 5.11 Å². The summed E-state index contributed by atoms with van der Waals surface area (Å²) in [6.45, 7) is 0. The number of aliphatic hydroxyl groups excluding tert-OH is 1. The van der Waals surface area contributed by atoms with Gasteiger partial charge < -0.3 is 5.11 Å². The lowest BCUT2D eigenvalue weighted by Gasteiger charge is -2.13. The third kappa shape index (κ3) is 2.71. The second-order valence-corrected chi connectivity index (χ2v) is 5.06. The van der Waals surface area contributed by atoms with E-state index in [1.165, 1.54) is 6.07 Å². The monoisotopic (exact) mass is 332 g/mol. The SMILES string of the molecule is OC(c1ccc(F)c(F)c1)c1cc(Br)ccc1Cl. The maximum absolute atomic E-state index is 13.1. The maximum atomic E-state index is 13.1. The predicted octanol–water partition coefficient (Wildman–Crippen LogP) is 4.46. The van der Waals surface area contributed by atoms with Gasteiger partial charge in [-0.15, -0.1) is 0 Å². The first-order valence-electron chi connectivity index (χ1n) is 5.07. The van der Waals surface area contributed by atoms with Gasteiger partial charge in [0, 0.05) is 15.1 Å². The van der Waals surface area contributed by atoms with E-state index in [1.807, 2.05) is 0 Å². The molecule has 0 bridgehead atoms. The molecule has 2 aromatic carbocycles. The Balaban J connectivity index is 2.44. The molecule has 1 nitrogen and oxygen atoms in total. The molecule has 2 aromatic rings. The van der Waals surface area contributed by atoms with E-state index in [1.54, 1.807) is 18.2 Å². The normalized spacial score (nSPS) is 12.5. The molecule has 1 atom stereocenters. The zero-order valence-electron chi connectivity index (χ0n) is 9.00. The molecule has 18 heavy (non-hydrogen) atoms. The van der Waals surface area contributed by atoms with Crippen molar-refractivity contribution in [3.8, 4) is 0 Å². The van der Waals surface area contributed by atoms with Gasteiger partial charge in [-0.1, -0.05) is 33.6 Å². The van der Waals surface area contributed by atoms with Gasteiger partial charge in [0.25, 0.3) is 0 Å². The second kappa shape index (κ2) is 5.34. The van der Waals surface area contributed by atoms with E-state index in [0.717, 1.165) is 16.6 Å². The van der Waals surface area contributed by atoms with E-state index >= 15 is 0 Å². The first-order chi connectivity index (χ1) is 8.49. The van der Waals surface area contributed by atoms with Crippen LogP contribution in [0, 0.1) is 11.6 Å². The molecular weight excluding hydrogens is 325 g/mol. The van der Waals surface area contributed by atoms with Crippen molar-refractivity contribution in [2.75, 3.05) is 0 Å². The van der Waals surface area contributed by atoms with Crippen LogP contribution in [0.4, 0.5) is 8.78 Å². The van der Waals surface area contributed by atoms with Crippen LogP contribution in [0.3, 0.4) is 0 Å². The lowest BCUT2D eigenvalue weighted by molar-refractivity contribution is 0.219. The molecular formula is C13H8BrClF2O. The Morgan fingerprint density at radius 1 is 1.06 bits per heavy atom. The highest BCUT2D eigenvalue weighted by Gasteiger charge is 2.16. The van der Waals surface area contributed by atoms with Gasteiger partial charge in [0.15, 0.2) is 11.6 Å². The summed E-state index contributed by atoms with van der Waals surface area (Å²) < 4.78 is 26.7. The maximum Gasteiger partial charge on any atom is 0.159 e. The highest BCUT2D eigenvalue weighted by molar-refractivity contribution is 9.10. The van der Waals surface area contributed by atoms with E-state index in [4.69, 9.17) is 11.6 Å². The quantitative estimate of drug-likeness (QED) is 0.860. The van der Waals surface area contributed by atoms with Crippen molar-refractivity contribution in [1.82, 2.24) is 0 Å². The summed E-state index contributed by atoms with van der Waals surface area (Å²) in [5.74, 6) is -1.95. The van der Waals surface area contributed by atoms with E-state index < -0.39 is 17.7 Å². The van der Waals surface area contributed by atoms with Gasteiger partial charge in [0.2, 0.25) is 0 Å². The average Bonchev–Trinajstić information content (AvgIpc) is 2.35. The van der Waals surface area contributed by atoms with Crippen molar-refractivity contribution in [2.24, 2.45) is 0 Å². The van der Waals surface area contributed by atoms with Crippen molar-refractivity contribution >= 4 is 27.5 Å². The highest BCUT2D eigenvalue weighted by atomic mass is 79.9. The predicted molar refractivity (Wildman–Crippen MR) is 69.6 cm³/mol. The second-order valence-electron chi connectivity index (χ2n) is 3.74. The number of hydrogen-bond acceptors (Lipinski definition) is 1. The lowest BCUT2D eigenvalue weighted by atomic mass is 10.0. The zero-order chi connectivity index (χ0) is 13.3. The Morgan fingerprint density at radius 3 is 2.44 bits per heavy atom. The number of benzene rings is 2. The molecule has 0 spiro atoms. The van der Waals surface area contributed by atoms with Gasteiger partial charge in [0.1, 0.15) is 6.10 Å². The van der Waals surface area contributed by atoms with E-state index in [-0.39, 0.29) is 5.56 Å². The molecule has 0 heterocycles. The molecule has 0 aromatic heterocycles. The number of halogens is 4. The molecule has 0 aliphatic rings. The smallest absolute Gasteiger partial charge is 0.159 e. The summed E-state index contributed by atoms with van der Waals surface area (Å²) >= 11 is 9.22. The summed E-state index contributed by atoms with van der Waals surface area (Å²) in [7, 11) is 0. The molecule has 1 unspecified atom stereocenters. The molecule has 94 valence electrons. The Morgan fingerprint density at radius 2 is 1.78 bits per heavy atom. The molecule has 0 aliphatic heterocycles. The van der Waals surface area contributed by atoms with Crippen molar-refractivity contribution < 1.29 is 13.9 Å². The Hall–Kier alpha value is -0.970. The van der Waals surface area contributed by atoms with Gasteiger partial charge in [-0.3, -0.25) is 0 Å². The summed E-state index contributed by atoms with van der Waals surface area (Å²) in [6, 6.07) is 8.22. The van der Waals surface area contributed by atoms with E-state index in [9.17, 15) is 13.9 Å². The minimum absolute atomic E-state index is 0.244. The zero-order valence-corrected chi connectivity index (χ0v) is 11.3. The largest absolute Gasteiger partial charge is 0.384 e. The standard InChI is InChI=1S/C13H8BrClF2O/c14-8-2-3-10(15)9(6-8)13(18)7-1-4-11(16)12(17)5-7/h1-6,13,18H. The fraction of sp³-hybridized carbons (Fsp3) is 0.0769. The van der Waals surface area contributed by atoms with Crippen molar-refractivity contribution in [3.05, 3.63) is 68.7 Å². The van der Waals surface area contributed by atoms with Gasteiger partial charge in [-0.2, -0.15) is 0 Å². The van der Waals surface area contributed by atoms with E-state index in [2.05, 4.69) is 15.9 Å². The molecule has 1 N–H and O–H groups in total. The summed E-state index contributed by atoms with van der Waals surface area (Å²) in [6.07, 6.45) is -1.11. The minimum Gasteiger partial charge on any atom is -0.384 e. The highest BCUT2D eigenvalue weighted by Crippen LogP contribution is 2.31. The summed E-state index contributed by atoms with van der Waals surface area (Å²) in [5, 5.41) is 10.5. The number of aliphatic hydroxyl groups is 1. The molecule has 0 radical (unpaired) electrons. The van der Waals surface area contributed by atoms with Crippen LogP contribution < -0.4 is 0 Å². The van der Waals surface area contributed by atoms with Crippen LogP contribution in [0.25, 0.3) is 0 Å². The first-order valence-corrected chi connectivity index (χ1v) is 6.24. The summed E-state index contributed by atoms with van der Waals surface area (Å²) in [5.41, 5.74) is 0.672. The average molecular weight is 334 g/mol. The van der Waals surface area contributed by atoms with Gasteiger partial charge in [0.05, 0.1) is 0 Å². The van der Waals surface area contributed by atoms with Crippen LogP contribution in [-0.2, 0) is 0 Å². The van der Waals surface area contributed by atoms with Crippen molar-refractivity contribution in [3.63, 3.8) is 0 Å². The number of rotatable bonds is 2. The fourth-order valence-electron chi connectivity index (χ4n) is 1.59. The Kier molecular flexibility index (Phi) is 4.00. The minimum atomic E-state index is -1.11. The molecule has 0 saturated carbocycles. The fourth-order valence-corrected chi connectivity index (χ4v) is 2.19. The molecule has 0 aliphatic carbocycles. The topological polar surface area (TPSA) is 20.2 Å². The van der Waals surface area contributed by atoms with Crippen LogP contribution in [0.1, 0.15) is 17.2 Å². The molecule has 5 heteroatoms. The van der Waals surface area contributed by atoms with Gasteiger partial charge >= 0.3 is 0 Å². The first kappa shape index (κ1) is 13.5. The van der Waals surface area contributed by atoms with Crippen LogP contribution in [0.2, 0.25) is 5.02 Å². The Labute approximate surface area is 116 Å². The molecule has 0 fully saturated rings. The third-order valence-corrected chi connectivity index (χ3v) is 3.35. The summed E-state index contributed by atoms with van der Waals surface area (Å²) in [4.78, 5) is 0. The van der Waals surface area contributed by atoms with Crippen LogP contribution >= 0.6 is 27.5 Å². The van der Waals surface area contributed by atoms with Crippen LogP contribution in [0.5, 0.6) is 0 Å². The number of hydrogen-bond donors (Lipinski definition) is 1. The van der Waals surface area contributed by atoms with Crippen molar-refractivity contribution in [1.29, 1.82) is 0 Å².